The molecule has 2 saturated heterocycles. The lowest BCUT2D eigenvalue weighted by Gasteiger charge is -2.28. The highest BCUT2D eigenvalue weighted by Crippen LogP contribution is 2.38. The molecule has 0 bridgehead atoms. The maximum Gasteiger partial charge on any atom is 0.212 e. The maximum atomic E-state index is 12.9. The van der Waals surface area contributed by atoms with Crippen molar-refractivity contribution in [2.24, 2.45) is 0 Å². The number of thiophene rings is 1. The van der Waals surface area contributed by atoms with Gasteiger partial charge in [-0.05, 0) is 38.1 Å². The fourth-order valence-corrected chi connectivity index (χ4v) is 7.71. The van der Waals surface area contributed by atoms with Crippen molar-refractivity contribution in [1.82, 2.24) is 24.6 Å². The number of sulfonamides is 1. The number of hydrogen-bond acceptors (Lipinski definition) is 9. The molecule has 3 aromatic heterocycles. The predicted molar refractivity (Wildman–Crippen MR) is 155 cm³/mol. The van der Waals surface area contributed by atoms with Gasteiger partial charge in [-0.2, -0.15) is 0 Å². The number of hydrogen-bond donors (Lipinski definition) is 2. The van der Waals surface area contributed by atoms with Crippen molar-refractivity contribution >= 4 is 48.3 Å². The number of benzene rings is 1. The van der Waals surface area contributed by atoms with Crippen LogP contribution in [0, 0.1) is 0 Å². The molecule has 1 aromatic carbocycles. The minimum Gasteiger partial charge on any atom is -0.379 e. The molecule has 1 atom stereocenters. The van der Waals surface area contributed by atoms with Crippen molar-refractivity contribution in [3.63, 3.8) is 0 Å². The van der Waals surface area contributed by atoms with Gasteiger partial charge in [-0.25, -0.2) is 23.1 Å². The average molecular weight is 571 g/mol. The van der Waals surface area contributed by atoms with E-state index < -0.39 is 10.0 Å². The Morgan fingerprint density at radius 3 is 2.64 bits per heavy atom. The molecule has 4 aromatic rings. The van der Waals surface area contributed by atoms with Crippen LogP contribution >= 0.6 is 11.3 Å². The summed E-state index contributed by atoms with van der Waals surface area (Å²) in [5, 5.41) is 1.07. The number of nitrogens with one attached hydrogen (secondary N) is 2. The minimum atomic E-state index is -3.43. The van der Waals surface area contributed by atoms with Gasteiger partial charge in [0.1, 0.15) is 0 Å². The molecule has 208 valence electrons. The maximum absolute atomic E-state index is 12.9. The van der Waals surface area contributed by atoms with E-state index in [1.807, 2.05) is 43.5 Å². The van der Waals surface area contributed by atoms with E-state index in [9.17, 15) is 8.42 Å². The number of H-pyrrole nitrogens is 1. The van der Waals surface area contributed by atoms with Crippen molar-refractivity contribution in [3.8, 4) is 11.4 Å². The van der Waals surface area contributed by atoms with Crippen LogP contribution in [0.3, 0.4) is 0 Å². The summed E-state index contributed by atoms with van der Waals surface area (Å²) in [6, 6.07) is 9.77. The van der Waals surface area contributed by atoms with Crippen LogP contribution in [0.5, 0.6) is 0 Å². The van der Waals surface area contributed by atoms with Gasteiger partial charge in [0, 0.05) is 53.7 Å². The first kappa shape index (κ1) is 26.6. The van der Waals surface area contributed by atoms with Crippen molar-refractivity contribution in [2.45, 2.75) is 19.4 Å². The van der Waals surface area contributed by atoms with E-state index >= 15 is 0 Å². The van der Waals surface area contributed by atoms with Crippen molar-refractivity contribution in [1.29, 1.82) is 0 Å². The number of fused-ring (bicyclic) bond motifs is 2. The Kier molecular flexibility index (Phi) is 7.83. The van der Waals surface area contributed by atoms with Gasteiger partial charge in [-0.1, -0.05) is 12.1 Å². The molecule has 0 saturated carbocycles. The summed E-state index contributed by atoms with van der Waals surface area (Å²) in [6.07, 6.45) is 2.52. The Hall–Kier alpha value is -2.61. The Morgan fingerprint density at radius 1 is 1.08 bits per heavy atom. The molecule has 1 unspecified atom stereocenters. The zero-order chi connectivity index (χ0) is 26.8. The van der Waals surface area contributed by atoms with Crippen molar-refractivity contribution in [3.05, 3.63) is 41.4 Å². The van der Waals surface area contributed by atoms with E-state index in [1.165, 1.54) is 0 Å². The van der Waals surface area contributed by atoms with Crippen molar-refractivity contribution < 1.29 is 17.9 Å². The van der Waals surface area contributed by atoms with Crippen molar-refractivity contribution in [2.75, 3.05) is 69.8 Å². The molecule has 0 spiro atoms. The number of nitrogens with zero attached hydrogens (tertiary/aromatic N) is 4. The zero-order valence-corrected chi connectivity index (χ0v) is 23.7. The second-order valence-corrected chi connectivity index (χ2v) is 13.0. The molecule has 39 heavy (non-hydrogen) atoms. The lowest BCUT2D eigenvalue weighted by Crippen LogP contribution is -2.38. The number of aromatic amines is 1. The average Bonchev–Trinajstić information content (AvgIpc) is 3.61. The second kappa shape index (κ2) is 11.5. The summed E-state index contributed by atoms with van der Waals surface area (Å²) in [7, 11) is -3.43. The molecule has 0 radical (unpaired) electrons. The third-order valence-electron chi connectivity index (χ3n) is 7.29. The summed E-state index contributed by atoms with van der Waals surface area (Å²) in [5.74, 6) is 1.64. The second-order valence-electron chi connectivity index (χ2n) is 10.0. The summed E-state index contributed by atoms with van der Waals surface area (Å²) in [6.45, 7) is 8.59. The van der Waals surface area contributed by atoms with Crippen LogP contribution in [-0.4, -0.2) is 93.2 Å². The molecule has 6 rings (SSSR count). The highest BCUT2D eigenvalue weighted by molar-refractivity contribution is 7.89. The van der Waals surface area contributed by atoms with E-state index in [0.717, 1.165) is 70.1 Å². The first-order valence-electron chi connectivity index (χ1n) is 13.5. The van der Waals surface area contributed by atoms with Crippen LogP contribution in [0.4, 0.5) is 5.82 Å². The van der Waals surface area contributed by atoms with Crippen LogP contribution < -0.4 is 9.62 Å². The minimum absolute atomic E-state index is 0.100. The van der Waals surface area contributed by atoms with Gasteiger partial charge in [0.2, 0.25) is 10.0 Å². The zero-order valence-electron chi connectivity index (χ0n) is 22.1. The van der Waals surface area contributed by atoms with E-state index in [1.54, 1.807) is 11.3 Å². The number of rotatable bonds is 9. The number of ether oxygens (including phenoxy) is 2. The van der Waals surface area contributed by atoms with Gasteiger partial charge < -0.3 is 19.4 Å². The SMILES string of the molecule is CC(NS(=O)(=O)CCCN1CCOCC1)c1cc2nc(-c3cccc4[nH]ccc34)nc(N3CCOCC3)c2s1. The standard InChI is InChI=1S/C27H34N6O4S2/c1-19(31-39(34,35)17-3-8-32-9-13-36-14-10-32)24-18-23-25(38-24)27(33-11-15-37-16-12-33)30-26(29-23)21-4-2-5-22-20(21)6-7-28-22/h2,4-7,18-19,28,31H,3,8-17H2,1H3. The fourth-order valence-electron chi connectivity index (χ4n) is 5.23. The smallest absolute Gasteiger partial charge is 0.212 e. The normalized spacial score (nSPS) is 18.2. The number of aromatic nitrogens is 3. The van der Waals surface area contributed by atoms with Gasteiger partial charge in [0.25, 0.3) is 0 Å². The third kappa shape index (κ3) is 5.96. The quantitative estimate of drug-likeness (QED) is 0.315. The van der Waals surface area contributed by atoms with E-state index in [-0.39, 0.29) is 11.8 Å². The Bertz CT molecular complexity index is 1540. The van der Waals surface area contributed by atoms with Gasteiger partial charge in [-0.15, -0.1) is 11.3 Å². The Morgan fingerprint density at radius 2 is 1.85 bits per heavy atom. The molecule has 2 fully saturated rings. The largest absolute Gasteiger partial charge is 0.379 e. The Labute approximate surface area is 232 Å². The van der Waals surface area contributed by atoms with Gasteiger partial charge in [-0.3, -0.25) is 4.90 Å². The van der Waals surface area contributed by atoms with Crippen LogP contribution in [-0.2, 0) is 19.5 Å². The molecule has 10 nitrogen and oxygen atoms in total. The van der Waals surface area contributed by atoms with Crippen LogP contribution in [0.2, 0.25) is 0 Å². The Balaban J connectivity index is 1.27. The summed E-state index contributed by atoms with van der Waals surface area (Å²) in [4.78, 5) is 18.7. The first-order valence-corrected chi connectivity index (χ1v) is 15.9. The van der Waals surface area contributed by atoms with E-state index in [2.05, 4.69) is 19.5 Å². The van der Waals surface area contributed by atoms with Gasteiger partial charge in [0.05, 0.1) is 48.4 Å². The van der Waals surface area contributed by atoms with Crippen LogP contribution in [0.1, 0.15) is 24.3 Å². The molecule has 2 N–H and O–H groups in total. The molecular formula is C27H34N6O4S2. The number of morpholine rings is 2. The monoisotopic (exact) mass is 570 g/mol. The summed E-state index contributed by atoms with van der Waals surface area (Å²) >= 11 is 1.56. The molecule has 0 amide bonds. The van der Waals surface area contributed by atoms with E-state index in [4.69, 9.17) is 19.4 Å². The summed E-state index contributed by atoms with van der Waals surface area (Å²) in [5.41, 5.74) is 2.83. The molecule has 0 aliphatic carbocycles. The number of anilines is 1. The molecule has 2 aliphatic rings. The van der Waals surface area contributed by atoms with E-state index in [0.29, 0.717) is 38.7 Å². The molecule has 2 aliphatic heterocycles. The molecular weight excluding hydrogens is 536 g/mol. The van der Waals surface area contributed by atoms with Crippen LogP contribution in [0.25, 0.3) is 32.5 Å². The summed E-state index contributed by atoms with van der Waals surface area (Å²) < 4.78 is 40.7. The predicted octanol–water partition coefficient (Wildman–Crippen LogP) is 3.38. The van der Waals surface area contributed by atoms with Gasteiger partial charge in [0.15, 0.2) is 11.6 Å². The lowest BCUT2D eigenvalue weighted by atomic mass is 10.1. The highest BCUT2D eigenvalue weighted by Gasteiger charge is 2.24. The highest BCUT2D eigenvalue weighted by atomic mass is 32.2. The lowest BCUT2D eigenvalue weighted by molar-refractivity contribution is 0.0381. The molecule has 5 heterocycles. The molecule has 12 heteroatoms. The topological polar surface area (TPSA) is 113 Å². The van der Waals surface area contributed by atoms with Gasteiger partial charge >= 0.3 is 0 Å². The van der Waals surface area contributed by atoms with Crippen LogP contribution in [0.15, 0.2) is 36.5 Å². The fraction of sp³-hybridized carbons (Fsp3) is 0.481. The first-order chi connectivity index (χ1) is 19.0. The third-order valence-corrected chi connectivity index (χ3v) is 10.1.